The zero-order valence-electron chi connectivity index (χ0n) is 27.9. The van der Waals surface area contributed by atoms with Crippen LogP contribution in [0.3, 0.4) is 0 Å². The lowest BCUT2D eigenvalue weighted by molar-refractivity contribution is 0.669. The summed E-state index contributed by atoms with van der Waals surface area (Å²) in [5, 5.41) is 2.16. The third-order valence-electron chi connectivity index (χ3n) is 10.4. The van der Waals surface area contributed by atoms with Crippen LogP contribution in [0.5, 0.6) is 0 Å². The molecule has 2 aromatic heterocycles. The first-order valence-corrected chi connectivity index (χ1v) is 17.3. The lowest BCUT2D eigenvalue weighted by Gasteiger charge is -2.28. The maximum absolute atomic E-state index is 6.50. The molecular weight excluding hydrogens is 623 g/mol. The summed E-state index contributed by atoms with van der Waals surface area (Å²) in [6.45, 7) is 2.33. The lowest BCUT2D eigenvalue weighted by Crippen LogP contribution is -2.22. The van der Waals surface area contributed by atoms with E-state index in [9.17, 15) is 0 Å². The van der Waals surface area contributed by atoms with Gasteiger partial charge in [0.05, 0.1) is 0 Å². The average Bonchev–Trinajstić information content (AvgIpc) is 3.72. The third kappa shape index (κ3) is 4.57. The van der Waals surface area contributed by atoms with E-state index in [1.807, 2.05) is 42.5 Å². The van der Waals surface area contributed by atoms with Gasteiger partial charge in [-0.2, -0.15) is 0 Å². The van der Waals surface area contributed by atoms with Crippen molar-refractivity contribution in [3.05, 3.63) is 187 Å². The van der Waals surface area contributed by atoms with Gasteiger partial charge in [-0.3, -0.25) is 0 Å². The van der Waals surface area contributed by atoms with Gasteiger partial charge in [-0.25, -0.2) is 15.0 Å². The fraction of sp³-hybridized carbons (Fsp3) is 0.0426. The van der Waals surface area contributed by atoms with Crippen LogP contribution in [0.4, 0.5) is 0 Å². The van der Waals surface area contributed by atoms with Crippen LogP contribution in [0.2, 0.25) is 0 Å². The van der Waals surface area contributed by atoms with Crippen molar-refractivity contribution >= 4 is 21.9 Å². The zero-order valence-corrected chi connectivity index (χ0v) is 27.9. The fourth-order valence-electron chi connectivity index (χ4n) is 7.98. The second kappa shape index (κ2) is 11.5. The second-order valence-electron chi connectivity index (χ2n) is 13.3. The van der Waals surface area contributed by atoms with Gasteiger partial charge < -0.3 is 4.42 Å². The van der Waals surface area contributed by atoms with Crippen LogP contribution in [0.25, 0.3) is 78.4 Å². The predicted octanol–water partition coefficient (Wildman–Crippen LogP) is 11.8. The molecule has 0 saturated carbocycles. The first kappa shape index (κ1) is 29.3. The first-order valence-electron chi connectivity index (χ1n) is 17.3. The molecule has 1 unspecified atom stereocenters. The van der Waals surface area contributed by atoms with Crippen molar-refractivity contribution in [3.63, 3.8) is 0 Å². The predicted molar refractivity (Wildman–Crippen MR) is 206 cm³/mol. The minimum absolute atomic E-state index is 0.327. The molecule has 0 radical (unpaired) electrons. The molecule has 0 spiro atoms. The van der Waals surface area contributed by atoms with Crippen molar-refractivity contribution in [1.82, 2.24) is 15.0 Å². The lowest BCUT2D eigenvalue weighted by atomic mass is 9.74. The van der Waals surface area contributed by atoms with E-state index in [0.29, 0.717) is 17.5 Å². The van der Waals surface area contributed by atoms with Crippen LogP contribution >= 0.6 is 0 Å². The van der Waals surface area contributed by atoms with Gasteiger partial charge in [0.25, 0.3) is 0 Å². The minimum Gasteiger partial charge on any atom is -0.456 e. The van der Waals surface area contributed by atoms with Gasteiger partial charge in [0, 0.05) is 32.9 Å². The molecule has 0 N–H and O–H groups in total. The Kier molecular flexibility index (Phi) is 6.58. The third-order valence-corrected chi connectivity index (χ3v) is 10.4. The average molecular weight is 654 g/mol. The van der Waals surface area contributed by atoms with Crippen molar-refractivity contribution in [2.45, 2.75) is 12.3 Å². The molecule has 51 heavy (non-hydrogen) atoms. The minimum atomic E-state index is -0.327. The Labute approximate surface area is 295 Å². The second-order valence-corrected chi connectivity index (χ2v) is 13.3. The van der Waals surface area contributed by atoms with E-state index in [1.54, 1.807) is 0 Å². The highest BCUT2D eigenvalue weighted by molar-refractivity contribution is 6.13. The number of fused-ring (bicyclic) bond motifs is 6. The quantitative estimate of drug-likeness (QED) is 0.185. The van der Waals surface area contributed by atoms with Gasteiger partial charge in [0.2, 0.25) is 0 Å². The zero-order chi connectivity index (χ0) is 33.9. The van der Waals surface area contributed by atoms with Gasteiger partial charge in [0.15, 0.2) is 17.5 Å². The summed E-state index contributed by atoms with van der Waals surface area (Å²) in [7, 11) is 0. The summed E-state index contributed by atoms with van der Waals surface area (Å²) in [6.07, 6.45) is 0. The fourth-order valence-corrected chi connectivity index (χ4v) is 7.98. The van der Waals surface area contributed by atoms with Crippen LogP contribution in [-0.2, 0) is 5.41 Å². The standard InChI is InChI=1S/C47H31N3O/c1-47(33-19-9-4-10-20-33)38-24-12-11-21-35(38)42-37(23-13-25-39(42)47)46-49-44(31-17-7-3-8-18-31)48-45(50-46)32-27-28-36-41(29-32)51-40-26-14-22-34(43(36)40)30-15-5-2-6-16-30/h2-29H,1H3. The molecule has 7 aromatic carbocycles. The molecule has 240 valence electrons. The molecule has 10 rings (SSSR count). The maximum atomic E-state index is 6.50. The Bertz CT molecular complexity index is 2750. The van der Waals surface area contributed by atoms with E-state index in [0.717, 1.165) is 55.3 Å². The number of furan rings is 1. The highest BCUT2D eigenvalue weighted by Gasteiger charge is 2.42. The molecule has 0 saturated heterocycles. The monoisotopic (exact) mass is 653 g/mol. The van der Waals surface area contributed by atoms with E-state index >= 15 is 0 Å². The number of nitrogens with zero attached hydrogens (tertiary/aromatic N) is 3. The summed E-state index contributed by atoms with van der Waals surface area (Å²) in [6, 6.07) is 59.2. The number of benzene rings is 7. The molecule has 1 aliphatic rings. The summed E-state index contributed by atoms with van der Waals surface area (Å²) in [4.78, 5) is 15.5. The van der Waals surface area contributed by atoms with Crippen LogP contribution < -0.4 is 0 Å². The number of aromatic nitrogens is 3. The maximum Gasteiger partial charge on any atom is 0.164 e. The molecule has 1 aliphatic carbocycles. The molecule has 2 heterocycles. The summed E-state index contributed by atoms with van der Waals surface area (Å²) in [5.41, 5.74) is 12.6. The van der Waals surface area contributed by atoms with Gasteiger partial charge in [-0.15, -0.1) is 0 Å². The van der Waals surface area contributed by atoms with E-state index in [4.69, 9.17) is 19.4 Å². The van der Waals surface area contributed by atoms with Crippen molar-refractivity contribution in [2.24, 2.45) is 0 Å². The van der Waals surface area contributed by atoms with E-state index in [-0.39, 0.29) is 5.41 Å². The Morgan fingerprint density at radius 2 is 1.02 bits per heavy atom. The van der Waals surface area contributed by atoms with Crippen molar-refractivity contribution in [1.29, 1.82) is 0 Å². The Morgan fingerprint density at radius 1 is 0.431 bits per heavy atom. The number of hydrogen-bond donors (Lipinski definition) is 0. The summed E-state index contributed by atoms with van der Waals surface area (Å²) >= 11 is 0. The smallest absolute Gasteiger partial charge is 0.164 e. The van der Waals surface area contributed by atoms with Crippen LogP contribution in [0.15, 0.2) is 174 Å². The highest BCUT2D eigenvalue weighted by atomic mass is 16.3. The molecule has 1 atom stereocenters. The van der Waals surface area contributed by atoms with Crippen LogP contribution in [-0.4, -0.2) is 15.0 Å². The highest BCUT2D eigenvalue weighted by Crippen LogP contribution is 2.54. The topological polar surface area (TPSA) is 51.8 Å². The number of rotatable bonds is 5. The molecule has 4 heteroatoms. The first-order chi connectivity index (χ1) is 25.2. The Morgan fingerprint density at radius 3 is 1.80 bits per heavy atom. The molecule has 0 bridgehead atoms. The number of hydrogen-bond acceptors (Lipinski definition) is 4. The largest absolute Gasteiger partial charge is 0.456 e. The van der Waals surface area contributed by atoms with E-state index in [2.05, 4.69) is 134 Å². The van der Waals surface area contributed by atoms with Gasteiger partial charge in [-0.1, -0.05) is 152 Å². The normalized spacial score (nSPS) is 14.8. The van der Waals surface area contributed by atoms with E-state index in [1.165, 1.54) is 22.3 Å². The van der Waals surface area contributed by atoms with Crippen molar-refractivity contribution < 1.29 is 4.42 Å². The van der Waals surface area contributed by atoms with E-state index < -0.39 is 0 Å². The van der Waals surface area contributed by atoms with Crippen LogP contribution in [0, 0.1) is 0 Å². The summed E-state index contributed by atoms with van der Waals surface area (Å²) in [5.74, 6) is 1.86. The molecular formula is C47H31N3O. The Hall–Kier alpha value is -6.65. The van der Waals surface area contributed by atoms with Gasteiger partial charge >= 0.3 is 0 Å². The van der Waals surface area contributed by atoms with Crippen molar-refractivity contribution in [2.75, 3.05) is 0 Å². The molecule has 4 nitrogen and oxygen atoms in total. The van der Waals surface area contributed by atoms with Crippen LogP contribution in [0.1, 0.15) is 23.6 Å². The summed E-state index contributed by atoms with van der Waals surface area (Å²) < 4.78 is 6.50. The molecule has 0 aliphatic heterocycles. The van der Waals surface area contributed by atoms with Crippen molar-refractivity contribution in [3.8, 4) is 56.4 Å². The van der Waals surface area contributed by atoms with Gasteiger partial charge in [0.1, 0.15) is 11.2 Å². The molecule has 0 fully saturated rings. The SMILES string of the molecule is CC1(c2ccccc2)c2ccccc2-c2c(-c3nc(-c4ccccc4)nc(-c4ccc5c(c4)oc4cccc(-c6ccccc6)c45)n3)cccc21. The molecule has 0 amide bonds. The van der Waals surface area contributed by atoms with Gasteiger partial charge in [-0.05, 0) is 64.1 Å². The molecule has 9 aromatic rings. The Balaban J connectivity index is 1.18.